The Morgan fingerprint density at radius 1 is 1.19 bits per heavy atom. The van der Waals surface area contributed by atoms with Crippen LogP contribution in [0.15, 0.2) is 29.2 Å². The fourth-order valence-electron chi connectivity index (χ4n) is 2.14. The van der Waals surface area contributed by atoms with Gasteiger partial charge < -0.3 is 15.3 Å². The summed E-state index contributed by atoms with van der Waals surface area (Å²) in [7, 11) is -0.789. The van der Waals surface area contributed by atoms with Gasteiger partial charge in [0.1, 0.15) is 5.82 Å². The first-order chi connectivity index (χ1) is 14.0. The smallest absolute Gasteiger partial charge is 0.373 e. The molecule has 31 heavy (non-hydrogen) atoms. The van der Waals surface area contributed by atoms with E-state index < -0.39 is 27.7 Å². The van der Waals surface area contributed by atoms with E-state index in [9.17, 15) is 31.5 Å². The quantitative estimate of drug-likeness (QED) is 0.579. The largest absolute Gasteiger partial charge is 0.426 e. The molecule has 14 heteroatoms. The van der Waals surface area contributed by atoms with Gasteiger partial charge in [-0.15, -0.1) is 0 Å². The first-order valence-electron chi connectivity index (χ1n) is 8.50. The van der Waals surface area contributed by atoms with Gasteiger partial charge in [0.15, 0.2) is 0 Å². The van der Waals surface area contributed by atoms with Crippen molar-refractivity contribution in [2.75, 3.05) is 29.0 Å². The van der Waals surface area contributed by atoms with E-state index in [1.165, 1.54) is 0 Å². The lowest BCUT2D eigenvalue weighted by molar-refractivity contribution is -0.242. The molecule has 0 spiro atoms. The van der Waals surface area contributed by atoms with Crippen LogP contribution >= 0.6 is 11.6 Å². The third-order valence-corrected chi connectivity index (χ3v) is 5.66. The standard InChI is InChI=1S/C17H19ClF3N5O4S/c1-9-7-13(26(3)4)24-15(22-9)25-31(29,30)10-5-6-12(11(18)8-10)23-14(27)16(2,28)17(19,20)21/h5-8,28H,1-4H3,(H,23,27)(H,22,24,25)/t16-/m1/s1. The number of nitrogens with one attached hydrogen (secondary N) is 2. The maximum atomic E-state index is 12.8. The minimum atomic E-state index is -5.23. The second-order valence-corrected chi connectivity index (χ2v) is 8.95. The lowest BCUT2D eigenvalue weighted by atomic mass is 10.1. The molecular weight excluding hydrogens is 463 g/mol. The third-order valence-electron chi connectivity index (χ3n) is 4.02. The number of aryl methyl sites for hydroxylation is 1. The van der Waals surface area contributed by atoms with Gasteiger partial charge in [0.25, 0.3) is 15.9 Å². The molecule has 1 aromatic heterocycles. The van der Waals surface area contributed by atoms with Crippen molar-refractivity contribution in [3.63, 3.8) is 0 Å². The summed E-state index contributed by atoms with van der Waals surface area (Å²) in [4.78, 5) is 21.2. The maximum Gasteiger partial charge on any atom is 0.426 e. The Hall–Kier alpha value is -2.64. The van der Waals surface area contributed by atoms with Crippen molar-refractivity contribution in [3.8, 4) is 0 Å². The summed E-state index contributed by atoms with van der Waals surface area (Å²) in [6.07, 6.45) is -5.23. The zero-order valence-corrected chi connectivity index (χ0v) is 18.3. The monoisotopic (exact) mass is 481 g/mol. The Kier molecular flexibility index (Phi) is 6.73. The number of carbonyl (C=O) groups excluding carboxylic acids is 1. The molecule has 0 aliphatic rings. The normalized spacial score (nSPS) is 14.0. The Labute approximate surface area is 181 Å². The van der Waals surface area contributed by atoms with Crippen molar-refractivity contribution < 1.29 is 31.5 Å². The van der Waals surface area contributed by atoms with Crippen LogP contribution in [0.25, 0.3) is 0 Å². The molecule has 1 heterocycles. The summed E-state index contributed by atoms with van der Waals surface area (Å²) in [6, 6.07) is 4.56. The highest BCUT2D eigenvalue weighted by Crippen LogP contribution is 2.33. The van der Waals surface area contributed by atoms with Crippen molar-refractivity contribution in [3.05, 3.63) is 35.0 Å². The zero-order chi connectivity index (χ0) is 23.8. The Morgan fingerprint density at radius 3 is 2.32 bits per heavy atom. The average Bonchev–Trinajstić information content (AvgIpc) is 2.61. The number of carbonyl (C=O) groups is 1. The molecule has 9 nitrogen and oxygen atoms in total. The Morgan fingerprint density at radius 2 is 1.81 bits per heavy atom. The molecule has 2 rings (SSSR count). The van der Waals surface area contributed by atoms with Crippen LogP contribution in [0.1, 0.15) is 12.6 Å². The topological polar surface area (TPSA) is 125 Å². The molecule has 170 valence electrons. The summed E-state index contributed by atoms with van der Waals surface area (Å²) in [5.74, 6) is -1.52. The predicted molar refractivity (Wildman–Crippen MR) is 109 cm³/mol. The van der Waals surface area contributed by atoms with Crippen molar-refractivity contribution in [1.29, 1.82) is 0 Å². The van der Waals surface area contributed by atoms with Crippen molar-refractivity contribution in [2.24, 2.45) is 0 Å². The van der Waals surface area contributed by atoms with Crippen LogP contribution in [0.5, 0.6) is 0 Å². The molecule has 0 saturated heterocycles. The number of hydrogen-bond donors (Lipinski definition) is 3. The number of hydrogen-bond acceptors (Lipinski definition) is 7. The number of nitrogens with zero attached hydrogens (tertiary/aromatic N) is 3. The Bertz CT molecular complexity index is 1110. The molecule has 0 fully saturated rings. The van der Waals surface area contributed by atoms with Crippen LogP contribution in [-0.2, 0) is 14.8 Å². The van der Waals surface area contributed by atoms with E-state index in [1.54, 1.807) is 32.0 Å². The third kappa shape index (κ3) is 5.54. The van der Waals surface area contributed by atoms with E-state index in [-0.39, 0.29) is 28.5 Å². The molecule has 0 saturated carbocycles. The maximum absolute atomic E-state index is 12.8. The van der Waals surface area contributed by atoms with Crippen LogP contribution in [0.3, 0.4) is 0 Å². The van der Waals surface area contributed by atoms with Gasteiger partial charge in [0.2, 0.25) is 11.5 Å². The average molecular weight is 482 g/mol. The number of amides is 1. The fraction of sp³-hybridized carbons (Fsp3) is 0.353. The lowest BCUT2D eigenvalue weighted by Crippen LogP contribution is -2.52. The van der Waals surface area contributed by atoms with Crippen LogP contribution in [-0.4, -0.2) is 55.3 Å². The Balaban J connectivity index is 2.29. The highest BCUT2D eigenvalue weighted by atomic mass is 35.5. The molecule has 1 atom stereocenters. The van der Waals surface area contributed by atoms with Crippen molar-refractivity contribution >= 4 is 45.0 Å². The molecule has 0 bridgehead atoms. The molecule has 0 aliphatic heterocycles. The van der Waals surface area contributed by atoms with Crippen molar-refractivity contribution in [1.82, 2.24) is 9.97 Å². The van der Waals surface area contributed by atoms with Crippen LogP contribution in [0.2, 0.25) is 5.02 Å². The number of aliphatic hydroxyl groups is 1. The van der Waals surface area contributed by atoms with E-state index >= 15 is 0 Å². The predicted octanol–water partition coefficient (Wildman–Crippen LogP) is 2.56. The van der Waals surface area contributed by atoms with Gasteiger partial charge in [-0.05, 0) is 32.0 Å². The fourth-order valence-corrected chi connectivity index (χ4v) is 3.41. The number of halogens is 4. The first kappa shape index (κ1) is 24.6. The van der Waals surface area contributed by atoms with Gasteiger partial charge in [-0.3, -0.25) is 4.79 Å². The summed E-state index contributed by atoms with van der Waals surface area (Å²) in [6.45, 7) is 1.93. The molecule has 3 N–H and O–H groups in total. The molecule has 2 aromatic rings. The van der Waals surface area contributed by atoms with E-state index in [4.69, 9.17) is 11.6 Å². The number of anilines is 3. The van der Waals surface area contributed by atoms with Crippen LogP contribution < -0.4 is 14.9 Å². The van der Waals surface area contributed by atoms with Crippen LogP contribution in [0.4, 0.5) is 30.6 Å². The van der Waals surface area contributed by atoms with Crippen molar-refractivity contribution in [2.45, 2.75) is 30.5 Å². The number of aromatic nitrogens is 2. The zero-order valence-electron chi connectivity index (χ0n) is 16.7. The van der Waals surface area contributed by atoms with Gasteiger partial charge in [-0.2, -0.15) is 18.2 Å². The molecule has 1 amide bonds. The second-order valence-electron chi connectivity index (χ2n) is 6.86. The van der Waals surface area contributed by atoms with Gasteiger partial charge in [-0.1, -0.05) is 11.6 Å². The van der Waals surface area contributed by atoms with E-state index in [2.05, 4.69) is 14.7 Å². The molecule has 1 aromatic carbocycles. The summed E-state index contributed by atoms with van der Waals surface area (Å²) < 4.78 is 65.8. The highest BCUT2D eigenvalue weighted by molar-refractivity contribution is 7.92. The van der Waals surface area contributed by atoms with E-state index in [0.29, 0.717) is 11.5 Å². The van der Waals surface area contributed by atoms with Gasteiger partial charge in [-0.25, -0.2) is 18.1 Å². The summed E-state index contributed by atoms with van der Waals surface area (Å²) >= 11 is 5.93. The number of sulfonamides is 1. The van der Waals surface area contributed by atoms with E-state index in [1.807, 2.05) is 5.32 Å². The number of benzene rings is 1. The number of alkyl halides is 3. The lowest BCUT2D eigenvalue weighted by Gasteiger charge is -2.25. The minimum Gasteiger partial charge on any atom is -0.373 e. The highest BCUT2D eigenvalue weighted by Gasteiger charge is 2.55. The molecule has 0 unspecified atom stereocenters. The van der Waals surface area contributed by atoms with Crippen LogP contribution in [0, 0.1) is 6.92 Å². The second kappa shape index (κ2) is 8.48. The van der Waals surface area contributed by atoms with Gasteiger partial charge in [0.05, 0.1) is 15.6 Å². The summed E-state index contributed by atoms with van der Waals surface area (Å²) in [5, 5.41) is 10.9. The number of rotatable bonds is 6. The SMILES string of the molecule is Cc1cc(N(C)C)nc(NS(=O)(=O)c2ccc(NC(=O)[C@@](C)(O)C(F)(F)F)c(Cl)c2)n1. The molecule has 0 radical (unpaired) electrons. The van der Waals surface area contributed by atoms with E-state index in [0.717, 1.165) is 18.2 Å². The minimum absolute atomic E-state index is 0.196. The molecular formula is C17H19ClF3N5O4S. The van der Waals surface area contributed by atoms with Gasteiger partial charge >= 0.3 is 6.18 Å². The molecule has 0 aliphatic carbocycles. The summed E-state index contributed by atoms with van der Waals surface area (Å²) in [5.41, 5.74) is -3.49. The van der Waals surface area contributed by atoms with Gasteiger partial charge in [0, 0.05) is 25.9 Å². The first-order valence-corrected chi connectivity index (χ1v) is 10.4.